The van der Waals surface area contributed by atoms with E-state index in [4.69, 9.17) is 4.79 Å². The largest absolute Gasteiger partial charge is 3.00 e. The summed E-state index contributed by atoms with van der Waals surface area (Å²) in [6.45, 7) is 3.25. The van der Waals surface area contributed by atoms with Crippen LogP contribution in [0.15, 0.2) is 36.5 Å². The molecule has 1 nitrogen and oxygen atoms in total. The molecule has 0 aromatic heterocycles. The number of allylic oxidation sites excluding steroid dienone is 8. The van der Waals surface area contributed by atoms with Crippen LogP contribution in [0.5, 0.6) is 0 Å². The minimum Gasteiger partial charge on any atom is -0.545 e. The van der Waals surface area contributed by atoms with Gasteiger partial charge in [0.1, 0.15) is 0 Å². The molecule has 0 heterocycles. The predicted octanol–water partition coefficient (Wildman–Crippen LogP) is 2.33. The molecule has 0 bridgehead atoms. The van der Waals surface area contributed by atoms with Gasteiger partial charge in [-0.15, -0.1) is 12.8 Å². The van der Waals surface area contributed by atoms with E-state index in [9.17, 15) is 0 Å². The first kappa shape index (κ1) is 14.7. The van der Waals surface area contributed by atoms with Gasteiger partial charge in [0.05, 0.1) is 0 Å². The van der Waals surface area contributed by atoms with E-state index in [1.165, 1.54) is 0 Å². The van der Waals surface area contributed by atoms with Gasteiger partial charge in [-0.25, -0.2) is 24.3 Å². The van der Waals surface area contributed by atoms with Crippen molar-refractivity contribution in [2.45, 2.75) is 12.8 Å². The molecule has 2 aliphatic carbocycles. The maximum absolute atomic E-state index is 7.75. The van der Waals surface area contributed by atoms with Crippen molar-refractivity contribution >= 4 is 6.79 Å². The van der Waals surface area contributed by atoms with Gasteiger partial charge in [-0.1, -0.05) is 0 Å². The molecule has 2 rings (SSSR count). The van der Waals surface area contributed by atoms with Crippen LogP contribution in [-0.4, -0.2) is 6.79 Å². The summed E-state index contributed by atoms with van der Waals surface area (Å²) in [6, 6.07) is 0. The van der Waals surface area contributed by atoms with E-state index in [0.29, 0.717) is 0 Å². The molecule has 13 heavy (non-hydrogen) atoms. The number of carbonyl (C=O) groups excluding carboxylic acids is 1. The quantitative estimate of drug-likeness (QED) is 0.344. The second kappa shape index (κ2) is 13.7. The Morgan fingerprint density at radius 1 is 0.923 bits per heavy atom. The summed E-state index contributed by atoms with van der Waals surface area (Å²) in [6.07, 6.45) is 20.0. The zero-order valence-corrected chi connectivity index (χ0v) is 8.32. The maximum Gasteiger partial charge on any atom is 3.00 e. The number of hydrogen-bond acceptors (Lipinski definition) is 1. The first-order valence-corrected chi connectivity index (χ1v) is 3.67. The van der Waals surface area contributed by atoms with Gasteiger partial charge < -0.3 is 4.79 Å². The minimum absolute atomic E-state index is 0. The van der Waals surface area contributed by atoms with Crippen molar-refractivity contribution in [2.24, 2.45) is 0 Å². The van der Waals surface area contributed by atoms with Crippen LogP contribution in [0.1, 0.15) is 12.8 Å². The van der Waals surface area contributed by atoms with E-state index in [0.717, 1.165) is 12.8 Å². The first-order chi connectivity index (χ1) is 6.00. The summed E-state index contributed by atoms with van der Waals surface area (Å²) in [4.78, 5) is 7.75. The molecule has 0 aromatic carbocycles. The fourth-order valence-corrected chi connectivity index (χ4v) is 0.680. The SMILES string of the molecule is [C-]1=CC=CC1.[C-]1=CC=CC1.[CH-]=O.[Fe+3]. The molecule has 69 valence electrons. The van der Waals surface area contributed by atoms with Gasteiger partial charge in [-0.3, -0.25) is 18.9 Å². The number of hydrogen-bond donors (Lipinski definition) is 0. The van der Waals surface area contributed by atoms with E-state index in [2.05, 4.69) is 31.1 Å². The molecule has 0 unspecified atom stereocenters. The average molecular weight is 215 g/mol. The topological polar surface area (TPSA) is 17.1 Å². The Bertz CT molecular complexity index is 160. The third-order valence-corrected chi connectivity index (χ3v) is 1.17. The molecule has 0 N–H and O–H groups in total. The van der Waals surface area contributed by atoms with Crippen molar-refractivity contribution in [3.63, 3.8) is 0 Å². The third-order valence-electron chi connectivity index (χ3n) is 1.17. The molecule has 0 aliphatic heterocycles. The van der Waals surface area contributed by atoms with Crippen LogP contribution < -0.4 is 0 Å². The predicted molar refractivity (Wildman–Crippen MR) is 49.9 cm³/mol. The molecule has 0 amide bonds. The molecule has 0 spiro atoms. The zero-order valence-electron chi connectivity index (χ0n) is 7.22. The minimum atomic E-state index is 0. The Morgan fingerprint density at radius 3 is 1.38 bits per heavy atom. The van der Waals surface area contributed by atoms with Gasteiger partial charge in [-0.05, 0) is 0 Å². The third kappa shape index (κ3) is 11.1. The zero-order chi connectivity index (χ0) is 9.07. The van der Waals surface area contributed by atoms with Crippen molar-refractivity contribution < 1.29 is 21.9 Å². The van der Waals surface area contributed by atoms with Crippen molar-refractivity contribution in [1.29, 1.82) is 0 Å². The first-order valence-electron chi connectivity index (χ1n) is 3.67. The second-order valence-corrected chi connectivity index (χ2v) is 2.01. The molecule has 1 radical (unpaired) electrons. The summed E-state index contributed by atoms with van der Waals surface area (Å²) in [7, 11) is 0. The standard InChI is InChI=1S/2C5H5.CHO.Fe/c2*1-2-4-5-3-1;1-2;/h2*1-3H,4H2;1H;/q3*-1;+3. The Hall–Kier alpha value is -0.851. The van der Waals surface area contributed by atoms with Crippen molar-refractivity contribution in [3.8, 4) is 0 Å². The summed E-state index contributed by atoms with van der Waals surface area (Å²) < 4.78 is 0. The van der Waals surface area contributed by atoms with Crippen LogP contribution >= 0.6 is 0 Å². The van der Waals surface area contributed by atoms with Crippen LogP contribution in [0.3, 0.4) is 0 Å². The summed E-state index contributed by atoms with van der Waals surface area (Å²) in [5.74, 6) is 0. The van der Waals surface area contributed by atoms with E-state index in [1.54, 1.807) is 0 Å². The fraction of sp³-hybridized carbons (Fsp3) is 0.182. The smallest absolute Gasteiger partial charge is 0.545 e. The van der Waals surface area contributed by atoms with E-state index >= 15 is 0 Å². The fourth-order valence-electron chi connectivity index (χ4n) is 0.680. The van der Waals surface area contributed by atoms with Gasteiger partial charge in [0, 0.05) is 0 Å². The summed E-state index contributed by atoms with van der Waals surface area (Å²) in [5.41, 5.74) is 0. The Labute approximate surface area is 90.4 Å². The monoisotopic (exact) mass is 215 g/mol. The molecular weight excluding hydrogens is 204 g/mol. The Balaban J connectivity index is 0. The number of rotatable bonds is 0. The molecule has 0 fully saturated rings. The molecule has 2 heteroatoms. The van der Waals surface area contributed by atoms with Crippen LogP contribution in [0.4, 0.5) is 0 Å². The van der Waals surface area contributed by atoms with Crippen LogP contribution in [0, 0.1) is 12.2 Å². The van der Waals surface area contributed by atoms with E-state index in [-0.39, 0.29) is 17.1 Å². The normalized spacial score (nSPS) is 13.8. The summed E-state index contributed by atoms with van der Waals surface area (Å²) in [5, 5.41) is 0. The van der Waals surface area contributed by atoms with Crippen molar-refractivity contribution in [2.75, 3.05) is 0 Å². The Morgan fingerprint density at radius 2 is 1.31 bits per heavy atom. The second-order valence-electron chi connectivity index (χ2n) is 2.01. The molecule has 0 aromatic rings. The van der Waals surface area contributed by atoms with Crippen LogP contribution in [0.25, 0.3) is 0 Å². The molecule has 0 atom stereocenters. The van der Waals surface area contributed by atoms with Gasteiger partial charge in [-0.2, -0.15) is 12.2 Å². The van der Waals surface area contributed by atoms with Crippen LogP contribution in [-0.2, 0) is 21.9 Å². The Kier molecular flexibility index (Phi) is 15.5. The molecule has 0 saturated carbocycles. The molecule has 0 saturated heterocycles. The van der Waals surface area contributed by atoms with Gasteiger partial charge in [0.25, 0.3) is 0 Å². The van der Waals surface area contributed by atoms with Crippen molar-refractivity contribution in [3.05, 3.63) is 48.6 Å². The van der Waals surface area contributed by atoms with Gasteiger partial charge in [0.15, 0.2) is 0 Å². The summed E-state index contributed by atoms with van der Waals surface area (Å²) >= 11 is 0. The average Bonchev–Trinajstić information content (AvgIpc) is 2.87. The maximum atomic E-state index is 7.75. The molecule has 2 aliphatic rings. The molecular formula is C11H11FeO. The van der Waals surface area contributed by atoms with Gasteiger partial charge >= 0.3 is 17.1 Å². The van der Waals surface area contributed by atoms with Gasteiger partial charge in [0.2, 0.25) is 0 Å². The van der Waals surface area contributed by atoms with Crippen molar-refractivity contribution in [1.82, 2.24) is 0 Å². The van der Waals surface area contributed by atoms with E-state index in [1.807, 2.05) is 24.3 Å². The van der Waals surface area contributed by atoms with Crippen LogP contribution in [0.2, 0.25) is 0 Å². The van der Waals surface area contributed by atoms with E-state index < -0.39 is 0 Å².